The fourth-order valence-corrected chi connectivity index (χ4v) is 4.42. The minimum atomic E-state index is -0.515. The van der Waals surface area contributed by atoms with E-state index < -0.39 is 5.97 Å². The average Bonchev–Trinajstić information content (AvgIpc) is 3.16. The zero-order valence-corrected chi connectivity index (χ0v) is 22.7. The van der Waals surface area contributed by atoms with Crippen LogP contribution in [-0.2, 0) is 16.1 Å². The highest BCUT2D eigenvalue weighted by atomic mass is 127. The van der Waals surface area contributed by atoms with Crippen LogP contribution in [0.4, 0.5) is 4.39 Å². The molecule has 5 nitrogen and oxygen atoms in total. The molecule has 0 spiro atoms. The first-order valence-electron chi connectivity index (χ1n) is 10.5. The maximum absolute atomic E-state index is 14.0. The highest BCUT2D eigenvalue weighted by Gasteiger charge is 2.25. The number of esters is 1. The summed E-state index contributed by atoms with van der Waals surface area (Å²) in [7, 11) is 0. The lowest BCUT2D eigenvalue weighted by Gasteiger charge is -2.15. The van der Waals surface area contributed by atoms with Gasteiger partial charge in [0, 0.05) is 14.7 Å². The summed E-state index contributed by atoms with van der Waals surface area (Å²) in [5.41, 5.74) is 3.19. The third kappa shape index (κ3) is 5.60. The number of cyclic esters (lactones) is 1. The molecule has 1 aliphatic rings. The van der Waals surface area contributed by atoms with E-state index in [4.69, 9.17) is 14.2 Å². The van der Waals surface area contributed by atoms with E-state index in [9.17, 15) is 9.18 Å². The molecular formula is C26H20FI2NO4. The fourth-order valence-electron chi connectivity index (χ4n) is 3.31. The Hall–Kier alpha value is -2.47. The minimum absolute atomic E-state index is 0.0680. The molecule has 1 aliphatic heterocycles. The Morgan fingerprint density at radius 1 is 1.06 bits per heavy atom. The summed E-state index contributed by atoms with van der Waals surface area (Å²) < 4.78 is 33.0. The molecule has 3 aromatic rings. The van der Waals surface area contributed by atoms with Gasteiger partial charge in [-0.15, -0.1) is 0 Å². The molecule has 0 fully saturated rings. The highest BCUT2D eigenvalue weighted by molar-refractivity contribution is 14.1. The lowest BCUT2D eigenvalue weighted by atomic mass is 10.1. The van der Waals surface area contributed by atoms with Gasteiger partial charge in [-0.2, -0.15) is 0 Å². The van der Waals surface area contributed by atoms with Crippen molar-refractivity contribution in [1.29, 1.82) is 0 Å². The molecule has 34 heavy (non-hydrogen) atoms. The zero-order valence-electron chi connectivity index (χ0n) is 18.4. The topological polar surface area (TPSA) is 57.1 Å². The van der Waals surface area contributed by atoms with E-state index in [0.717, 1.165) is 18.3 Å². The number of carbonyl (C=O) groups excluding carboxylic acids is 1. The lowest BCUT2D eigenvalue weighted by Crippen LogP contribution is -2.06. The standard InChI is InChI=1S/C26H20FI2NO4/c1-3-32-23-13-16(11-21(29)24(23)33-14-18-6-4-5-7-19(18)27)12-22-26(31)34-25(30-22)17-8-9-20(28)15(2)10-17/h4-13H,3,14H2,1-2H3/b22-12-. The van der Waals surface area contributed by atoms with Crippen molar-refractivity contribution in [2.24, 2.45) is 4.99 Å². The van der Waals surface area contributed by atoms with Gasteiger partial charge < -0.3 is 14.2 Å². The van der Waals surface area contributed by atoms with Gasteiger partial charge in [-0.1, -0.05) is 18.2 Å². The third-order valence-electron chi connectivity index (χ3n) is 4.99. The van der Waals surface area contributed by atoms with Crippen LogP contribution in [0.2, 0.25) is 0 Å². The van der Waals surface area contributed by atoms with Gasteiger partial charge in [0.25, 0.3) is 0 Å². The SMILES string of the molecule is CCOc1cc(/C=C2\N=C(c3ccc(I)c(C)c3)OC2=O)cc(I)c1OCc1ccccc1F. The first-order chi connectivity index (χ1) is 16.4. The van der Waals surface area contributed by atoms with E-state index in [1.54, 1.807) is 30.3 Å². The second-order valence-corrected chi connectivity index (χ2v) is 9.77. The van der Waals surface area contributed by atoms with Gasteiger partial charge in [0.2, 0.25) is 5.90 Å². The number of nitrogens with zero attached hydrogens (tertiary/aromatic N) is 1. The number of aliphatic imine (C=N–C) groups is 1. The van der Waals surface area contributed by atoms with Crippen molar-refractivity contribution >= 4 is 63.1 Å². The summed E-state index contributed by atoms with van der Waals surface area (Å²) in [5.74, 6) is 0.453. The number of ether oxygens (including phenoxy) is 3. The van der Waals surface area contributed by atoms with E-state index in [1.807, 2.05) is 38.1 Å². The van der Waals surface area contributed by atoms with E-state index in [-0.39, 0.29) is 24.0 Å². The highest BCUT2D eigenvalue weighted by Crippen LogP contribution is 2.36. The number of carbonyl (C=O) groups is 1. The summed E-state index contributed by atoms with van der Waals surface area (Å²) in [5, 5.41) is 0. The molecule has 0 atom stereocenters. The second-order valence-electron chi connectivity index (χ2n) is 7.44. The van der Waals surface area contributed by atoms with Crippen molar-refractivity contribution in [3.63, 3.8) is 0 Å². The van der Waals surface area contributed by atoms with Gasteiger partial charge in [-0.3, -0.25) is 0 Å². The molecule has 1 heterocycles. The fraction of sp³-hybridized carbons (Fsp3) is 0.154. The number of rotatable bonds is 7. The number of benzene rings is 3. The molecule has 0 saturated carbocycles. The molecule has 3 aromatic carbocycles. The largest absolute Gasteiger partial charge is 0.490 e. The molecule has 8 heteroatoms. The monoisotopic (exact) mass is 683 g/mol. The lowest BCUT2D eigenvalue weighted by molar-refractivity contribution is -0.129. The van der Waals surface area contributed by atoms with E-state index in [2.05, 4.69) is 50.2 Å². The Kier molecular flexibility index (Phi) is 7.87. The van der Waals surface area contributed by atoms with Gasteiger partial charge >= 0.3 is 5.97 Å². The van der Waals surface area contributed by atoms with Crippen molar-refractivity contribution in [2.45, 2.75) is 20.5 Å². The van der Waals surface area contributed by atoms with E-state index >= 15 is 0 Å². The van der Waals surface area contributed by atoms with Gasteiger partial charge in [0.15, 0.2) is 17.2 Å². The Morgan fingerprint density at radius 3 is 2.59 bits per heavy atom. The number of aryl methyl sites for hydroxylation is 1. The van der Waals surface area contributed by atoms with Crippen LogP contribution >= 0.6 is 45.2 Å². The van der Waals surface area contributed by atoms with Crippen LogP contribution in [0.3, 0.4) is 0 Å². The molecular weight excluding hydrogens is 663 g/mol. The summed E-state index contributed by atoms with van der Waals surface area (Å²) >= 11 is 4.39. The first kappa shape index (κ1) is 24.6. The van der Waals surface area contributed by atoms with Crippen LogP contribution in [0.1, 0.15) is 29.2 Å². The van der Waals surface area contributed by atoms with Crippen LogP contribution in [0.5, 0.6) is 11.5 Å². The zero-order chi connectivity index (χ0) is 24.2. The Morgan fingerprint density at radius 2 is 1.85 bits per heavy atom. The summed E-state index contributed by atoms with van der Waals surface area (Å²) in [6.07, 6.45) is 1.65. The summed E-state index contributed by atoms with van der Waals surface area (Å²) in [6.45, 7) is 4.35. The Balaban J connectivity index is 1.62. The van der Waals surface area contributed by atoms with Gasteiger partial charge in [-0.05, 0) is 113 Å². The van der Waals surface area contributed by atoms with E-state index in [1.165, 1.54) is 6.07 Å². The van der Waals surface area contributed by atoms with Crippen LogP contribution in [0.25, 0.3) is 6.08 Å². The minimum Gasteiger partial charge on any atom is -0.490 e. The quantitative estimate of drug-likeness (QED) is 0.159. The van der Waals surface area contributed by atoms with Gasteiger partial charge in [0.1, 0.15) is 12.4 Å². The number of hydrogen-bond donors (Lipinski definition) is 0. The Labute approximate surface area is 224 Å². The molecule has 0 amide bonds. The predicted octanol–water partition coefficient (Wildman–Crippen LogP) is 6.67. The summed E-state index contributed by atoms with van der Waals surface area (Å²) in [6, 6.07) is 15.9. The second kappa shape index (κ2) is 10.9. The van der Waals surface area contributed by atoms with Crippen LogP contribution < -0.4 is 9.47 Å². The van der Waals surface area contributed by atoms with Crippen molar-refractivity contribution < 1.29 is 23.4 Å². The van der Waals surface area contributed by atoms with Gasteiger partial charge in [0.05, 0.1) is 10.2 Å². The molecule has 0 aromatic heterocycles. The Bertz CT molecular complexity index is 1320. The number of hydrogen-bond acceptors (Lipinski definition) is 5. The first-order valence-corrected chi connectivity index (χ1v) is 12.6. The maximum Gasteiger partial charge on any atom is 0.363 e. The normalized spacial score (nSPS) is 14.2. The predicted molar refractivity (Wildman–Crippen MR) is 146 cm³/mol. The molecule has 0 bridgehead atoms. The van der Waals surface area contributed by atoms with Crippen molar-refractivity contribution in [1.82, 2.24) is 0 Å². The van der Waals surface area contributed by atoms with Gasteiger partial charge in [-0.25, -0.2) is 14.2 Å². The number of halogens is 3. The molecule has 0 N–H and O–H groups in total. The van der Waals surface area contributed by atoms with Crippen LogP contribution in [0, 0.1) is 19.9 Å². The maximum atomic E-state index is 14.0. The molecule has 0 unspecified atom stereocenters. The van der Waals surface area contributed by atoms with Crippen LogP contribution in [-0.4, -0.2) is 18.5 Å². The van der Waals surface area contributed by atoms with Crippen molar-refractivity contribution in [2.75, 3.05) is 6.61 Å². The van der Waals surface area contributed by atoms with E-state index in [0.29, 0.717) is 29.2 Å². The third-order valence-corrected chi connectivity index (χ3v) is 7.00. The van der Waals surface area contributed by atoms with Crippen molar-refractivity contribution in [3.8, 4) is 11.5 Å². The molecule has 0 saturated heterocycles. The van der Waals surface area contributed by atoms with Crippen molar-refractivity contribution in [3.05, 3.63) is 95.5 Å². The van der Waals surface area contributed by atoms with Crippen LogP contribution in [0.15, 0.2) is 65.3 Å². The summed E-state index contributed by atoms with van der Waals surface area (Å²) in [4.78, 5) is 16.9. The average molecular weight is 683 g/mol. The molecule has 174 valence electrons. The molecule has 0 radical (unpaired) electrons. The molecule has 0 aliphatic carbocycles. The molecule has 4 rings (SSSR count). The smallest absolute Gasteiger partial charge is 0.363 e.